The zero-order valence-electron chi connectivity index (χ0n) is 13.0. The molecule has 0 aliphatic rings. The number of para-hydroxylation sites is 1. The van der Waals surface area contributed by atoms with Gasteiger partial charge in [-0.1, -0.05) is 18.2 Å². The number of anilines is 2. The summed E-state index contributed by atoms with van der Waals surface area (Å²) in [6.07, 6.45) is 0. The predicted octanol–water partition coefficient (Wildman–Crippen LogP) is 4.34. The highest BCUT2D eigenvalue weighted by Crippen LogP contribution is 2.24. The number of benzene rings is 3. The quantitative estimate of drug-likeness (QED) is 0.584. The molecule has 4 rings (SSSR count). The molecular formula is C19H13F2N3O. The van der Waals surface area contributed by atoms with Crippen LogP contribution in [-0.4, -0.2) is 9.55 Å². The smallest absolute Gasteiger partial charge is 0.331 e. The normalized spacial score (nSPS) is 11.0. The van der Waals surface area contributed by atoms with E-state index in [9.17, 15) is 13.6 Å². The second kappa shape index (κ2) is 5.90. The first-order valence-corrected chi connectivity index (χ1v) is 7.64. The molecule has 0 aliphatic heterocycles. The van der Waals surface area contributed by atoms with Crippen LogP contribution in [0.2, 0.25) is 0 Å². The lowest BCUT2D eigenvalue weighted by Gasteiger charge is -2.08. The summed E-state index contributed by atoms with van der Waals surface area (Å²) < 4.78 is 28.3. The van der Waals surface area contributed by atoms with Crippen LogP contribution in [0.4, 0.5) is 20.2 Å². The Kier molecular flexibility index (Phi) is 3.57. The molecule has 0 aliphatic carbocycles. The SMILES string of the molecule is O=c1[nH]c2cc(Nc3ccc(F)cc3F)ccc2n1-c1ccccc1. The van der Waals surface area contributed by atoms with Gasteiger partial charge in [0.25, 0.3) is 0 Å². The lowest BCUT2D eigenvalue weighted by molar-refractivity contribution is 0.586. The molecule has 1 aromatic heterocycles. The number of halogens is 2. The van der Waals surface area contributed by atoms with Crippen molar-refractivity contribution >= 4 is 22.4 Å². The van der Waals surface area contributed by atoms with Gasteiger partial charge in [-0.15, -0.1) is 0 Å². The Morgan fingerprint density at radius 1 is 0.920 bits per heavy atom. The lowest BCUT2D eigenvalue weighted by Crippen LogP contribution is -2.14. The number of imidazole rings is 1. The number of aromatic nitrogens is 2. The number of nitrogens with one attached hydrogen (secondary N) is 2. The minimum Gasteiger partial charge on any atom is -0.353 e. The first-order valence-electron chi connectivity index (χ1n) is 7.64. The molecule has 0 fully saturated rings. The van der Waals surface area contributed by atoms with E-state index in [1.807, 2.05) is 30.3 Å². The van der Waals surface area contributed by atoms with Crippen LogP contribution in [0.1, 0.15) is 0 Å². The van der Waals surface area contributed by atoms with Gasteiger partial charge in [0.15, 0.2) is 0 Å². The third-order valence-corrected chi connectivity index (χ3v) is 3.91. The largest absolute Gasteiger partial charge is 0.353 e. The van der Waals surface area contributed by atoms with Crippen molar-refractivity contribution in [2.45, 2.75) is 0 Å². The topological polar surface area (TPSA) is 49.8 Å². The highest BCUT2D eigenvalue weighted by molar-refractivity contribution is 5.82. The Morgan fingerprint density at radius 2 is 1.72 bits per heavy atom. The number of aromatic amines is 1. The standard InChI is InChI=1S/C19H13F2N3O/c20-12-6-8-16(15(21)10-12)22-13-7-9-18-17(11-13)23-19(25)24(18)14-4-2-1-3-5-14/h1-11,22H,(H,23,25). The maximum absolute atomic E-state index is 13.8. The van der Waals surface area contributed by atoms with Crippen molar-refractivity contribution in [3.8, 4) is 5.69 Å². The summed E-state index contributed by atoms with van der Waals surface area (Å²) in [4.78, 5) is 15.1. The van der Waals surface area contributed by atoms with Crippen molar-refractivity contribution in [3.05, 3.63) is 88.8 Å². The molecule has 3 aromatic carbocycles. The molecule has 6 heteroatoms. The zero-order valence-corrected chi connectivity index (χ0v) is 13.0. The maximum Gasteiger partial charge on any atom is 0.331 e. The van der Waals surface area contributed by atoms with Gasteiger partial charge in [0.2, 0.25) is 0 Å². The van der Waals surface area contributed by atoms with Crippen LogP contribution in [0.15, 0.2) is 71.5 Å². The maximum atomic E-state index is 13.8. The molecule has 1 heterocycles. The number of hydrogen-bond donors (Lipinski definition) is 2. The molecule has 0 bridgehead atoms. The highest BCUT2D eigenvalue weighted by atomic mass is 19.1. The van der Waals surface area contributed by atoms with Gasteiger partial charge in [-0.3, -0.25) is 4.57 Å². The molecule has 25 heavy (non-hydrogen) atoms. The van der Waals surface area contributed by atoms with E-state index in [-0.39, 0.29) is 11.4 Å². The van der Waals surface area contributed by atoms with E-state index in [4.69, 9.17) is 0 Å². The lowest BCUT2D eigenvalue weighted by atomic mass is 10.2. The van der Waals surface area contributed by atoms with Crippen molar-refractivity contribution < 1.29 is 8.78 Å². The van der Waals surface area contributed by atoms with Gasteiger partial charge in [0.05, 0.1) is 22.4 Å². The summed E-state index contributed by atoms with van der Waals surface area (Å²) in [6.45, 7) is 0. The number of hydrogen-bond acceptors (Lipinski definition) is 2. The number of H-pyrrole nitrogens is 1. The monoisotopic (exact) mass is 337 g/mol. The van der Waals surface area contributed by atoms with E-state index < -0.39 is 11.6 Å². The van der Waals surface area contributed by atoms with Crippen molar-refractivity contribution in [1.29, 1.82) is 0 Å². The van der Waals surface area contributed by atoms with E-state index in [2.05, 4.69) is 10.3 Å². The predicted molar refractivity (Wildman–Crippen MR) is 93.5 cm³/mol. The van der Waals surface area contributed by atoms with Crippen LogP contribution in [0.5, 0.6) is 0 Å². The Hall–Kier alpha value is -3.41. The van der Waals surface area contributed by atoms with Crippen molar-refractivity contribution in [1.82, 2.24) is 9.55 Å². The number of fused-ring (bicyclic) bond motifs is 1. The summed E-state index contributed by atoms with van der Waals surface area (Å²) in [5.74, 6) is -1.32. The third kappa shape index (κ3) is 2.78. The van der Waals surface area contributed by atoms with Crippen molar-refractivity contribution in [2.75, 3.05) is 5.32 Å². The molecule has 0 spiro atoms. The van der Waals surface area contributed by atoms with E-state index >= 15 is 0 Å². The van der Waals surface area contributed by atoms with Gasteiger partial charge in [-0.25, -0.2) is 13.6 Å². The summed E-state index contributed by atoms with van der Waals surface area (Å²) in [7, 11) is 0. The number of rotatable bonds is 3. The van der Waals surface area contributed by atoms with Crippen LogP contribution in [0.3, 0.4) is 0 Å². The van der Waals surface area contributed by atoms with E-state index in [0.29, 0.717) is 16.7 Å². The summed E-state index contributed by atoms with van der Waals surface area (Å²) in [5.41, 5.74) is 2.56. The van der Waals surface area contributed by atoms with Crippen LogP contribution in [0, 0.1) is 11.6 Å². The Labute approximate surface area is 141 Å². The summed E-state index contributed by atoms with van der Waals surface area (Å²) >= 11 is 0. The van der Waals surface area contributed by atoms with Crippen LogP contribution in [-0.2, 0) is 0 Å². The average molecular weight is 337 g/mol. The average Bonchev–Trinajstić information content (AvgIpc) is 2.93. The van der Waals surface area contributed by atoms with Crippen molar-refractivity contribution in [2.24, 2.45) is 0 Å². The van der Waals surface area contributed by atoms with Crippen LogP contribution >= 0.6 is 0 Å². The minimum absolute atomic E-state index is 0.158. The van der Waals surface area contributed by atoms with Gasteiger partial charge in [0.1, 0.15) is 11.6 Å². The third-order valence-electron chi connectivity index (χ3n) is 3.91. The zero-order chi connectivity index (χ0) is 17.4. The molecule has 4 aromatic rings. The Balaban J connectivity index is 1.76. The van der Waals surface area contributed by atoms with Gasteiger partial charge in [0, 0.05) is 11.8 Å². The van der Waals surface area contributed by atoms with E-state index in [1.165, 1.54) is 12.1 Å². The van der Waals surface area contributed by atoms with Gasteiger partial charge < -0.3 is 10.3 Å². The molecule has 124 valence electrons. The highest BCUT2D eigenvalue weighted by Gasteiger charge is 2.10. The Bertz CT molecular complexity index is 1120. The molecule has 4 nitrogen and oxygen atoms in total. The van der Waals surface area contributed by atoms with Gasteiger partial charge in [-0.05, 0) is 42.5 Å². The summed E-state index contributed by atoms with van der Waals surface area (Å²) in [6, 6.07) is 17.8. The summed E-state index contributed by atoms with van der Waals surface area (Å²) in [5, 5.41) is 2.89. The second-order valence-electron chi connectivity index (χ2n) is 5.58. The molecule has 0 atom stereocenters. The van der Waals surface area contributed by atoms with E-state index in [1.54, 1.807) is 22.8 Å². The molecule has 2 N–H and O–H groups in total. The van der Waals surface area contributed by atoms with Gasteiger partial charge >= 0.3 is 5.69 Å². The number of nitrogens with zero attached hydrogens (tertiary/aromatic N) is 1. The fourth-order valence-electron chi connectivity index (χ4n) is 2.77. The van der Waals surface area contributed by atoms with Crippen molar-refractivity contribution in [3.63, 3.8) is 0 Å². The fourth-order valence-corrected chi connectivity index (χ4v) is 2.77. The molecule has 0 unspecified atom stereocenters. The molecule has 0 saturated heterocycles. The molecule has 0 radical (unpaired) electrons. The van der Waals surface area contributed by atoms with E-state index in [0.717, 1.165) is 11.8 Å². The van der Waals surface area contributed by atoms with Gasteiger partial charge in [-0.2, -0.15) is 0 Å². The minimum atomic E-state index is -0.685. The first-order chi connectivity index (χ1) is 12.1. The molecule has 0 amide bonds. The van der Waals surface area contributed by atoms with Crippen LogP contribution < -0.4 is 11.0 Å². The molecule has 0 saturated carbocycles. The fraction of sp³-hybridized carbons (Fsp3) is 0. The first kappa shape index (κ1) is 15.1. The van der Waals surface area contributed by atoms with Crippen LogP contribution in [0.25, 0.3) is 16.7 Å². The Morgan fingerprint density at radius 3 is 2.48 bits per heavy atom. The second-order valence-corrected chi connectivity index (χ2v) is 5.58. The molecular weight excluding hydrogens is 324 g/mol.